The number of hydrogen-bond acceptors (Lipinski definition) is 1. The van der Waals surface area contributed by atoms with Gasteiger partial charge < -0.3 is 5.32 Å². The molecule has 0 heterocycles. The molecule has 72 valence electrons. The van der Waals surface area contributed by atoms with Crippen molar-refractivity contribution in [2.24, 2.45) is 11.8 Å². The smallest absolute Gasteiger partial charge is 0.00179 e. The number of rotatable bonds is 7. The second-order valence-corrected chi connectivity index (χ2v) is 4.09. The van der Waals surface area contributed by atoms with Crippen LogP contribution in [-0.4, -0.2) is 13.1 Å². The van der Waals surface area contributed by atoms with E-state index >= 15 is 0 Å². The van der Waals surface area contributed by atoms with Gasteiger partial charge in [-0.1, -0.05) is 20.3 Å². The van der Waals surface area contributed by atoms with Crippen LogP contribution in [0.1, 0.15) is 46.0 Å². The van der Waals surface area contributed by atoms with Gasteiger partial charge in [0.15, 0.2) is 0 Å². The molecule has 1 aliphatic carbocycles. The Morgan fingerprint density at radius 3 is 2.50 bits per heavy atom. The third-order valence-corrected chi connectivity index (χ3v) is 2.78. The lowest BCUT2D eigenvalue weighted by atomic mass is 9.98. The van der Waals surface area contributed by atoms with Gasteiger partial charge >= 0.3 is 0 Å². The molecule has 1 unspecified atom stereocenters. The van der Waals surface area contributed by atoms with Crippen molar-refractivity contribution in [2.75, 3.05) is 13.1 Å². The monoisotopic (exact) mass is 169 g/mol. The van der Waals surface area contributed by atoms with Gasteiger partial charge in [0.25, 0.3) is 0 Å². The molecule has 1 N–H and O–H groups in total. The Kier molecular flexibility index (Phi) is 4.67. The Morgan fingerprint density at radius 1 is 1.25 bits per heavy atom. The summed E-state index contributed by atoms with van der Waals surface area (Å²) >= 11 is 0. The Labute approximate surface area is 76.9 Å². The van der Waals surface area contributed by atoms with Gasteiger partial charge in [-0.05, 0) is 50.6 Å². The van der Waals surface area contributed by atoms with Gasteiger partial charge in [-0.2, -0.15) is 0 Å². The molecule has 0 radical (unpaired) electrons. The maximum Gasteiger partial charge on any atom is -0.00179 e. The van der Waals surface area contributed by atoms with Crippen LogP contribution in [0.2, 0.25) is 0 Å². The first-order valence-electron chi connectivity index (χ1n) is 5.59. The van der Waals surface area contributed by atoms with Gasteiger partial charge in [0.2, 0.25) is 0 Å². The fraction of sp³-hybridized carbons (Fsp3) is 1.00. The van der Waals surface area contributed by atoms with Crippen LogP contribution in [0.5, 0.6) is 0 Å². The molecule has 0 aromatic heterocycles. The average Bonchev–Trinajstić information content (AvgIpc) is 2.86. The topological polar surface area (TPSA) is 12.0 Å². The maximum atomic E-state index is 3.54. The van der Waals surface area contributed by atoms with Crippen molar-refractivity contribution in [3.63, 3.8) is 0 Å². The zero-order valence-electron chi connectivity index (χ0n) is 8.60. The lowest BCUT2D eigenvalue weighted by molar-refractivity contribution is 0.395. The van der Waals surface area contributed by atoms with Crippen LogP contribution >= 0.6 is 0 Å². The van der Waals surface area contributed by atoms with Crippen molar-refractivity contribution >= 4 is 0 Å². The molecule has 0 aliphatic heterocycles. The summed E-state index contributed by atoms with van der Waals surface area (Å²) in [5.41, 5.74) is 0. The summed E-state index contributed by atoms with van der Waals surface area (Å²) in [7, 11) is 0. The van der Waals surface area contributed by atoms with E-state index in [9.17, 15) is 0 Å². The average molecular weight is 169 g/mol. The van der Waals surface area contributed by atoms with Crippen molar-refractivity contribution in [1.82, 2.24) is 5.32 Å². The van der Waals surface area contributed by atoms with E-state index in [1.807, 2.05) is 0 Å². The highest BCUT2D eigenvalue weighted by Crippen LogP contribution is 2.38. The molecule has 0 amide bonds. The summed E-state index contributed by atoms with van der Waals surface area (Å²) in [6.45, 7) is 7.01. The summed E-state index contributed by atoms with van der Waals surface area (Å²) in [6, 6.07) is 0. The lowest BCUT2D eigenvalue weighted by Gasteiger charge is -2.15. The van der Waals surface area contributed by atoms with E-state index in [-0.39, 0.29) is 0 Å². The molecule has 0 bridgehead atoms. The molecular formula is C11H23N. The molecule has 1 nitrogen and oxygen atoms in total. The molecule has 0 aromatic carbocycles. The molecule has 1 rings (SSSR count). The van der Waals surface area contributed by atoms with E-state index in [4.69, 9.17) is 0 Å². The quantitative estimate of drug-likeness (QED) is 0.578. The molecule has 1 saturated carbocycles. The highest BCUT2D eigenvalue weighted by atomic mass is 14.9. The van der Waals surface area contributed by atoms with Gasteiger partial charge in [-0.3, -0.25) is 0 Å². The van der Waals surface area contributed by atoms with Gasteiger partial charge in [0, 0.05) is 0 Å². The van der Waals surface area contributed by atoms with Crippen LogP contribution < -0.4 is 5.32 Å². The Morgan fingerprint density at radius 2 is 2.00 bits per heavy atom. The van der Waals surface area contributed by atoms with Gasteiger partial charge in [0.1, 0.15) is 0 Å². The first-order chi connectivity index (χ1) is 5.88. The van der Waals surface area contributed by atoms with Gasteiger partial charge in [-0.25, -0.2) is 0 Å². The van der Waals surface area contributed by atoms with Crippen LogP contribution in [0.15, 0.2) is 0 Å². The molecule has 0 spiro atoms. The molecule has 0 saturated heterocycles. The summed E-state index contributed by atoms with van der Waals surface area (Å²) in [4.78, 5) is 0. The van der Waals surface area contributed by atoms with Crippen LogP contribution in [0.4, 0.5) is 0 Å². The highest BCUT2D eigenvalue weighted by Gasteiger charge is 2.29. The summed E-state index contributed by atoms with van der Waals surface area (Å²) < 4.78 is 0. The fourth-order valence-electron chi connectivity index (χ4n) is 1.91. The van der Waals surface area contributed by atoms with E-state index < -0.39 is 0 Å². The normalized spacial score (nSPS) is 19.5. The van der Waals surface area contributed by atoms with Crippen LogP contribution in [-0.2, 0) is 0 Å². The van der Waals surface area contributed by atoms with Crippen molar-refractivity contribution in [3.05, 3.63) is 0 Å². The third kappa shape index (κ3) is 3.57. The minimum absolute atomic E-state index is 0.988. The number of nitrogens with one attached hydrogen (secondary N) is 1. The van der Waals surface area contributed by atoms with E-state index in [0.29, 0.717) is 0 Å². The van der Waals surface area contributed by atoms with Crippen molar-refractivity contribution in [2.45, 2.75) is 46.0 Å². The molecule has 1 atom stereocenters. The largest absolute Gasteiger partial charge is 0.316 e. The summed E-state index contributed by atoms with van der Waals surface area (Å²) in [5, 5.41) is 3.54. The van der Waals surface area contributed by atoms with Crippen molar-refractivity contribution in [3.8, 4) is 0 Å². The minimum Gasteiger partial charge on any atom is -0.316 e. The molecule has 0 aromatic rings. The van der Waals surface area contributed by atoms with E-state index in [1.54, 1.807) is 0 Å². The van der Waals surface area contributed by atoms with Crippen molar-refractivity contribution < 1.29 is 0 Å². The van der Waals surface area contributed by atoms with Crippen LogP contribution in [0.3, 0.4) is 0 Å². The summed E-state index contributed by atoms with van der Waals surface area (Å²) in [5.74, 6) is 2.07. The Hall–Kier alpha value is -0.0400. The lowest BCUT2D eigenvalue weighted by Crippen LogP contribution is -2.24. The molecule has 1 fully saturated rings. The zero-order chi connectivity index (χ0) is 8.81. The van der Waals surface area contributed by atoms with E-state index in [1.165, 1.54) is 45.2 Å². The fourth-order valence-corrected chi connectivity index (χ4v) is 1.91. The van der Waals surface area contributed by atoms with E-state index in [0.717, 1.165) is 11.8 Å². The third-order valence-electron chi connectivity index (χ3n) is 2.78. The predicted octanol–water partition coefficient (Wildman–Crippen LogP) is 2.81. The SMILES string of the molecule is CCCNCC(CCC)C1CC1. The second-order valence-electron chi connectivity index (χ2n) is 4.09. The Balaban J connectivity index is 2.05. The van der Waals surface area contributed by atoms with Crippen molar-refractivity contribution in [1.29, 1.82) is 0 Å². The van der Waals surface area contributed by atoms with Gasteiger partial charge in [0.05, 0.1) is 0 Å². The second kappa shape index (κ2) is 5.58. The maximum absolute atomic E-state index is 3.54. The molecular weight excluding hydrogens is 146 g/mol. The van der Waals surface area contributed by atoms with E-state index in [2.05, 4.69) is 19.2 Å². The summed E-state index contributed by atoms with van der Waals surface area (Å²) in [6.07, 6.45) is 7.05. The van der Waals surface area contributed by atoms with Crippen LogP contribution in [0, 0.1) is 11.8 Å². The standard InChI is InChI=1S/C11H23N/c1-3-5-11(10-6-7-10)9-12-8-4-2/h10-12H,3-9H2,1-2H3. The first-order valence-corrected chi connectivity index (χ1v) is 5.59. The minimum atomic E-state index is 0.988. The molecule has 12 heavy (non-hydrogen) atoms. The first kappa shape index (κ1) is 10.0. The molecule has 1 heteroatoms. The number of hydrogen-bond donors (Lipinski definition) is 1. The van der Waals surface area contributed by atoms with Gasteiger partial charge in [-0.15, -0.1) is 0 Å². The predicted molar refractivity (Wildman–Crippen MR) is 54.3 cm³/mol. The Bertz CT molecular complexity index is 108. The zero-order valence-corrected chi connectivity index (χ0v) is 8.60. The van der Waals surface area contributed by atoms with Crippen LogP contribution in [0.25, 0.3) is 0 Å². The highest BCUT2D eigenvalue weighted by molar-refractivity contribution is 4.82. The molecule has 1 aliphatic rings.